The van der Waals surface area contributed by atoms with Gasteiger partial charge in [0.05, 0.1) is 5.56 Å². The van der Waals surface area contributed by atoms with Gasteiger partial charge >= 0.3 is 0 Å². The van der Waals surface area contributed by atoms with Crippen LogP contribution in [0.1, 0.15) is 35.7 Å². The van der Waals surface area contributed by atoms with Gasteiger partial charge in [-0.25, -0.2) is 0 Å². The van der Waals surface area contributed by atoms with Gasteiger partial charge in [-0.15, -0.1) is 0 Å². The first-order chi connectivity index (χ1) is 11.5. The lowest BCUT2D eigenvalue weighted by molar-refractivity contribution is -0.123. The van der Waals surface area contributed by atoms with Gasteiger partial charge in [-0.3, -0.25) is 20.4 Å². The van der Waals surface area contributed by atoms with Crippen LogP contribution >= 0.6 is 22.6 Å². The number of halogens is 1. The Morgan fingerprint density at radius 2 is 1.71 bits per heavy atom. The number of nitrogens with one attached hydrogen (secondary N) is 2. The molecule has 0 heterocycles. The summed E-state index contributed by atoms with van der Waals surface area (Å²) in [5, 5.41) is 0. The van der Waals surface area contributed by atoms with Crippen LogP contribution in [-0.2, 0) is 4.79 Å². The van der Waals surface area contributed by atoms with Crippen LogP contribution in [0.15, 0.2) is 48.5 Å². The van der Waals surface area contributed by atoms with Gasteiger partial charge in [-0.05, 0) is 58.3 Å². The topological polar surface area (TPSA) is 67.4 Å². The zero-order chi connectivity index (χ0) is 17.5. The largest absolute Gasteiger partial charge is 0.484 e. The highest BCUT2D eigenvalue weighted by molar-refractivity contribution is 14.1. The van der Waals surface area contributed by atoms with Crippen LogP contribution in [0.4, 0.5) is 0 Å². The Labute approximate surface area is 154 Å². The molecule has 24 heavy (non-hydrogen) atoms. The van der Waals surface area contributed by atoms with Gasteiger partial charge < -0.3 is 4.74 Å². The average molecular weight is 438 g/mol. The molecule has 2 aromatic carbocycles. The molecule has 2 N–H and O–H groups in total. The first-order valence-electron chi connectivity index (χ1n) is 7.54. The third-order valence-corrected chi connectivity index (χ3v) is 4.29. The zero-order valence-corrected chi connectivity index (χ0v) is 15.7. The van der Waals surface area contributed by atoms with E-state index in [0.29, 0.717) is 17.2 Å². The highest BCUT2D eigenvalue weighted by Crippen LogP contribution is 2.18. The van der Waals surface area contributed by atoms with Crippen LogP contribution in [0.5, 0.6) is 5.75 Å². The van der Waals surface area contributed by atoms with Gasteiger partial charge in [0, 0.05) is 3.57 Å². The number of benzene rings is 2. The van der Waals surface area contributed by atoms with Crippen LogP contribution in [0.2, 0.25) is 0 Å². The van der Waals surface area contributed by atoms with E-state index in [4.69, 9.17) is 4.74 Å². The summed E-state index contributed by atoms with van der Waals surface area (Å²) in [5.41, 5.74) is 6.43. The average Bonchev–Trinajstić information content (AvgIpc) is 2.58. The molecule has 0 aliphatic carbocycles. The Balaban J connectivity index is 1.79. The molecule has 2 rings (SSSR count). The van der Waals surface area contributed by atoms with Crippen molar-refractivity contribution in [1.29, 1.82) is 0 Å². The number of rotatable bonds is 5. The summed E-state index contributed by atoms with van der Waals surface area (Å²) in [6.07, 6.45) is 0. The molecular formula is C18H19IN2O3. The molecule has 5 nitrogen and oxygen atoms in total. The molecule has 0 saturated heterocycles. The summed E-state index contributed by atoms with van der Waals surface area (Å²) < 4.78 is 6.21. The van der Waals surface area contributed by atoms with Crippen LogP contribution in [-0.4, -0.2) is 18.4 Å². The van der Waals surface area contributed by atoms with E-state index in [0.717, 1.165) is 3.57 Å². The minimum absolute atomic E-state index is 0.173. The first kappa shape index (κ1) is 18.3. The molecule has 126 valence electrons. The lowest BCUT2D eigenvalue weighted by atomic mass is 10.0. The number of hydrogen-bond acceptors (Lipinski definition) is 3. The number of amides is 2. The quantitative estimate of drug-likeness (QED) is 0.557. The third-order valence-electron chi connectivity index (χ3n) is 3.35. The molecule has 0 aliphatic rings. The molecule has 0 bridgehead atoms. The van der Waals surface area contributed by atoms with Gasteiger partial charge in [-0.1, -0.05) is 38.1 Å². The molecule has 0 saturated carbocycles. The molecule has 2 aromatic rings. The molecule has 0 fully saturated rings. The summed E-state index contributed by atoms with van der Waals surface area (Å²) in [6, 6.07) is 14.7. The second-order valence-electron chi connectivity index (χ2n) is 5.49. The Bertz CT molecular complexity index is 714. The summed E-state index contributed by atoms with van der Waals surface area (Å²) in [4.78, 5) is 23.7. The second-order valence-corrected chi connectivity index (χ2v) is 6.66. The van der Waals surface area contributed by atoms with E-state index >= 15 is 0 Å². The van der Waals surface area contributed by atoms with Crippen molar-refractivity contribution in [2.45, 2.75) is 19.8 Å². The SMILES string of the molecule is CC(C)c1ccc(OCC(=O)NNC(=O)c2ccccc2I)cc1. The van der Waals surface area contributed by atoms with Gasteiger partial charge in [0.1, 0.15) is 5.75 Å². The highest BCUT2D eigenvalue weighted by atomic mass is 127. The monoisotopic (exact) mass is 438 g/mol. The Morgan fingerprint density at radius 3 is 2.33 bits per heavy atom. The maximum absolute atomic E-state index is 12.0. The zero-order valence-electron chi connectivity index (χ0n) is 13.5. The third kappa shape index (κ3) is 5.23. The molecular weight excluding hydrogens is 419 g/mol. The van der Waals surface area contributed by atoms with E-state index in [1.807, 2.05) is 36.4 Å². The van der Waals surface area contributed by atoms with Gasteiger partial charge in [0.15, 0.2) is 6.61 Å². The summed E-state index contributed by atoms with van der Waals surface area (Å²) in [6.45, 7) is 4.05. The van der Waals surface area contributed by atoms with Crippen molar-refractivity contribution in [2.75, 3.05) is 6.61 Å². The fourth-order valence-electron chi connectivity index (χ4n) is 1.97. The predicted molar refractivity (Wildman–Crippen MR) is 101 cm³/mol. The van der Waals surface area contributed by atoms with E-state index in [2.05, 4.69) is 47.3 Å². The molecule has 0 aromatic heterocycles. The number of carbonyl (C=O) groups excluding carboxylic acids is 2. The lowest BCUT2D eigenvalue weighted by Gasteiger charge is -2.10. The maximum atomic E-state index is 12.0. The molecule has 0 atom stereocenters. The Morgan fingerprint density at radius 1 is 1.04 bits per heavy atom. The van der Waals surface area contributed by atoms with E-state index in [1.54, 1.807) is 12.1 Å². The van der Waals surface area contributed by atoms with Crippen molar-refractivity contribution < 1.29 is 14.3 Å². The Kier molecular flexibility index (Phi) is 6.60. The molecule has 0 unspecified atom stereocenters. The first-order valence-corrected chi connectivity index (χ1v) is 8.61. The molecule has 6 heteroatoms. The molecule has 0 spiro atoms. The Hall–Kier alpha value is -2.09. The highest BCUT2D eigenvalue weighted by Gasteiger charge is 2.10. The van der Waals surface area contributed by atoms with Crippen LogP contribution < -0.4 is 15.6 Å². The number of hydrogen-bond donors (Lipinski definition) is 2. The second kappa shape index (κ2) is 8.68. The van der Waals surface area contributed by atoms with Gasteiger partial charge in [0.2, 0.25) is 0 Å². The van der Waals surface area contributed by atoms with Crippen molar-refractivity contribution >= 4 is 34.4 Å². The van der Waals surface area contributed by atoms with Crippen LogP contribution in [0.3, 0.4) is 0 Å². The normalized spacial score (nSPS) is 10.3. The number of carbonyl (C=O) groups is 2. The summed E-state index contributed by atoms with van der Waals surface area (Å²) >= 11 is 2.07. The summed E-state index contributed by atoms with van der Waals surface area (Å²) in [5.74, 6) is 0.258. The fourth-order valence-corrected chi connectivity index (χ4v) is 2.61. The lowest BCUT2D eigenvalue weighted by Crippen LogP contribution is -2.44. The molecule has 0 aliphatic heterocycles. The number of ether oxygens (including phenoxy) is 1. The maximum Gasteiger partial charge on any atom is 0.276 e. The van der Waals surface area contributed by atoms with Gasteiger partial charge in [-0.2, -0.15) is 0 Å². The minimum atomic E-state index is -0.428. The van der Waals surface area contributed by atoms with E-state index < -0.39 is 5.91 Å². The van der Waals surface area contributed by atoms with Gasteiger partial charge in [0.25, 0.3) is 11.8 Å². The standard InChI is InChI=1S/C18H19IN2O3/c1-12(2)13-7-9-14(10-8-13)24-11-17(22)20-21-18(23)15-5-3-4-6-16(15)19/h3-10,12H,11H2,1-2H3,(H,20,22)(H,21,23). The molecule has 2 amide bonds. The van der Waals surface area contributed by atoms with Crippen LogP contribution in [0.25, 0.3) is 0 Å². The molecule has 0 radical (unpaired) electrons. The summed E-state index contributed by atoms with van der Waals surface area (Å²) in [7, 11) is 0. The van der Waals surface area contributed by atoms with E-state index in [1.165, 1.54) is 5.56 Å². The van der Waals surface area contributed by atoms with Crippen molar-refractivity contribution in [3.8, 4) is 5.75 Å². The van der Waals surface area contributed by atoms with Crippen molar-refractivity contribution in [2.24, 2.45) is 0 Å². The van der Waals surface area contributed by atoms with Crippen molar-refractivity contribution in [3.63, 3.8) is 0 Å². The van der Waals surface area contributed by atoms with Crippen LogP contribution in [0, 0.1) is 3.57 Å². The van der Waals surface area contributed by atoms with E-state index in [9.17, 15) is 9.59 Å². The van der Waals surface area contributed by atoms with E-state index in [-0.39, 0.29) is 12.5 Å². The van der Waals surface area contributed by atoms with Crippen molar-refractivity contribution in [3.05, 3.63) is 63.2 Å². The smallest absolute Gasteiger partial charge is 0.276 e. The minimum Gasteiger partial charge on any atom is -0.484 e. The predicted octanol–water partition coefficient (Wildman–Crippen LogP) is 3.25. The number of hydrazine groups is 1. The fraction of sp³-hybridized carbons (Fsp3) is 0.222. The van der Waals surface area contributed by atoms with Crippen molar-refractivity contribution in [1.82, 2.24) is 10.9 Å².